The summed E-state index contributed by atoms with van der Waals surface area (Å²) >= 11 is 6.29. The van der Waals surface area contributed by atoms with Crippen molar-refractivity contribution in [2.24, 2.45) is 0 Å². The number of amides is 2. The van der Waals surface area contributed by atoms with E-state index in [9.17, 15) is 9.59 Å². The van der Waals surface area contributed by atoms with Crippen LogP contribution in [0.15, 0.2) is 72.4 Å². The molecule has 0 unspecified atom stereocenters. The Morgan fingerprint density at radius 3 is 2.39 bits per heavy atom. The Labute approximate surface area is 198 Å². The first-order valence-corrected chi connectivity index (χ1v) is 11.2. The average Bonchev–Trinajstić information content (AvgIpc) is 3.05. The molecule has 4 rings (SSSR count). The molecule has 168 valence electrons. The monoisotopic (exact) mass is 460 g/mol. The molecule has 33 heavy (non-hydrogen) atoms. The highest BCUT2D eigenvalue weighted by Gasteiger charge is 2.40. The maximum Gasteiger partial charge on any atom is 0.282 e. The lowest BCUT2D eigenvalue weighted by Gasteiger charge is -2.17. The van der Waals surface area contributed by atoms with Crippen LogP contribution in [-0.4, -0.2) is 18.4 Å². The van der Waals surface area contributed by atoms with Crippen molar-refractivity contribution >= 4 is 40.4 Å². The molecule has 3 aromatic carbocycles. The highest BCUT2D eigenvalue weighted by atomic mass is 35.5. The standard InChI is InChI=1S/C27H25ClN2O3/c1-4-14-33-22-7-5-6-21(16-22)30-26(31)24(19-11-8-17(2)9-12-19)25(27(30)32)29-20-13-10-18(3)23(28)15-20/h5-13,15-16,29H,4,14H2,1-3H3. The summed E-state index contributed by atoms with van der Waals surface area (Å²) in [5.41, 5.74) is 4.28. The Bertz CT molecular complexity index is 1250. The third-order valence-corrected chi connectivity index (χ3v) is 5.82. The maximum atomic E-state index is 13.6. The van der Waals surface area contributed by atoms with Gasteiger partial charge in [0.25, 0.3) is 11.8 Å². The van der Waals surface area contributed by atoms with Gasteiger partial charge >= 0.3 is 0 Å². The van der Waals surface area contributed by atoms with Gasteiger partial charge in [0, 0.05) is 16.8 Å². The van der Waals surface area contributed by atoms with Crippen LogP contribution in [0.1, 0.15) is 30.0 Å². The zero-order chi connectivity index (χ0) is 23.5. The lowest BCUT2D eigenvalue weighted by Crippen LogP contribution is -2.32. The summed E-state index contributed by atoms with van der Waals surface area (Å²) in [6, 6.07) is 20.0. The first-order chi connectivity index (χ1) is 15.9. The number of nitrogens with one attached hydrogen (secondary N) is 1. The topological polar surface area (TPSA) is 58.6 Å². The Morgan fingerprint density at radius 1 is 0.939 bits per heavy atom. The van der Waals surface area contributed by atoms with Gasteiger partial charge in [-0.3, -0.25) is 9.59 Å². The predicted molar refractivity (Wildman–Crippen MR) is 133 cm³/mol. The molecule has 2 amide bonds. The number of ether oxygens (including phenoxy) is 1. The predicted octanol–water partition coefficient (Wildman–Crippen LogP) is 6.14. The number of halogens is 1. The van der Waals surface area contributed by atoms with Crippen LogP contribution in [0.25, 0.3) is 5.57 Å². The van der Waals surface area contributed by atoms with Crippen LogP contribution in [0.4, 0.5) is 11.4 Å². The lowest BCUT2D eigenvalue weighted by atomic mass is 10.0. The van der Waals surface area contributed by atoms with Gasteiger partial charge in [0.15, 0.2) is 0 Å². The van der Waals surface area contributed by atoms with Gasteiger partial charge < -0.3 is 10.1 Å². The number of hydrogen-bond acceptors (Lipinski definition) is 4. The number of imide groups is 1. The van der Waals surface area contributed by atoms with E-state index in [4.69, 9.17) is 16.3 Å². The maximum absolute atomic E-state index is 13.6. The minimum absolute atomic E-state index is 0.212. The van der Waals surface area contributed by atoms with Gasteiger partial charge in [-0.15, -0.1) is 0 Å². The third-order valence-electron chi connectivity index (χ3n) is 5.41. The smallest absolute Gasteiger partial charge is 0.282 e. The van der Waals surface area contributed by atoms with Crippen molar-refractivity contribution in [3.63, 3.8) is 0 Å². The number of anilines is 2. The molecule has 0 bridgehead atoms. The van der Waals surface area contributed by atoms with Gasteiger partial charge in [0.2, 0.25) is 0 Å². The number of aryl methyl sites for hydroxylation is 2. The van der Waals surface area contributed by atoms with E-state index in [1.165, 1.54) is 4.90 Å². The van der Waals surface area contributed by atoms with Crippen molar-refractivity contribution in [1.82, 2.24) is 0 Å². The van der Waals surface area contributed by atoms with Crippen LogP contribution in [0.3, 0.4) is 0 Å². The van der Waals surface area contributed by atoms with Crippen molar-refractivity contribution in [3.8, 4) is 5.75 Å². The molecule has 1 heterocycles. The van der Waals surface area contributed by atoms with E-state index in [1.807, 2.05) is 63.2 Å². The summed E-state index contributed by atoms with van der Waals surface area (Å²) in [5.74, 6) is -0.212. The van der Waals surface area contributed by atoms with Gasteiger partial charge in [-0.05, 0) is 55.7 Å². The minimum Gasteiger partial charge on any atom is -0.494 e. The molecule has 0 saturated carbocycles. The minimum atomic E-state index is -0.431. The molecule has 3 aromatic rings. The third kappa shape index (κ3) is 4.64. The van der Waals surface area contributed by atoms with Crippen molar-refractivity contribution in [2.45, 2.75) is 27.2 Å². The zero-order valence-corrected chi connectivity index (χ0v) is 19.6. The first-order valence-electron chi connectivity index (χ1n) is 10.8. The summed E-state index contributed by atoms with van der Waals surface area (Å²) < 4.78 is 5.70. The first kappa shape index (κ1) is 22.6. The van der Waals surface area contributed by atoms with Crippen molar-refractivity contribution < 1.29 is 14.3 Å². The van der Waals surface area contributed by atoms with Crippen molar-refractivity contribution in [1.29, 1.82) is 0 Å². The van der Waals surface area contributed by atoms with Gasteiger partial charge in [0.1, 0.15) is 11.4 Å². The molecule has 0 aliphatic carbocycles. The molecule has 0 fully saturated rings. The molecular weight excluding hydrogens is 436 g/mol. The van der Waals surface area contributed by atoms with E-state index in [1.54, 1.807) is 24.3 Å². The number of carbonyl (C=O) groups is 2. The number of benzene rings is 3. The van der Waals surface area contributed by atoms with E-state index in [2.05, 4.69) is 5.32 Å². The summed E-state index contributed by atoms with van der Waals surface area (Å²) in [6.45, 7) is 6.45. The summed E-state index contributed by atoms with van der Waals surface area (Å²) in [4.78, 5) is 28.3. The van der Waals surface area contributed by atoms with E-state index >= 15 is 0 Å². The van der Waals surface area contributed by atoms with Gasteiger partial charge in [-0.1, -0.05) is 60.5 Å². The van der Waals surface area contributed by atoms with Gasteiger partial charge in [0.05, 0.1) is 17.9 Å². The highest BCUT2D eigenvalue weighted by molar-refractivity contribution is 6.46. The van der Waals surface area contributed by atoms with Crippen LogP contribution in [-0.2, 0) is 9.59 Å². The van der Waals surface area contributed by atoms with E-state index in [-0.39, 0.29) is 5.70 Å². The van der Waals surface area contributed by atoms with Crippen LogP contribution in [0.2, 0.25) is 5.02 Å². The van der Waals surface area contributed by atoms with E-state index < -0.39 is 11.8 Å². The number of nitrogens with zero attached hydrogens (tertiary/aromatic N) is 1. The Hall–Kier alpha value is -3.57. The van der Waals surface area contributed by atoms with Crippen molar-refractivity contribution in [3.05, 3.63) is 94.1 Å². The molecule has 0 aromatic heterocycles. The molecule has 1 N–H and O–H groups in total. The summed E-state index contributed by atoms with van der Waals surface area (Å²) in [5, 5.41) is 3.73. The SMILES string of the molecule is CCCOc1cccc(N2C(=O)C(Nc3ccc(C)c(Cl)c3)=C(c3ccc(C)cc3)C2=O)c1. The van der Waals surface area contributed by atoms with E-state index in [0.29, 0.717) is 39.9 Å². The molecule has 0 spiro atoms. The normalized spacial score (nSPS) is 13.6. The Balaban J connectivity index is 1.77. The van der Waals surface area contributed by atoms with Crippen LogP contribution in [0, 0.1) is 13.8 Å². The second kappa shape index (κ2) is 9.51. The van der Waals surface area contributed by atoms with Crippen LogP contribution >= 0.6 is 11.6 Å². The Morgan fingerprint density at radius 2 is 1.70 bits per heavy atom. The molecule has 0 radical (unpaired) electrons. The van der Waals surface area contributed by atoms with Crippen LogP contribution < -0.4 is 15.0 Å². The Kier molecular flexibility index (Phi) is 6.52. The van der Waals surface area contributed by atoms with Gasteiger partial charge in [-0.2, -0.15) is 0 Å². The fourth-order valence-electron chi connectivity index (χ4n) is 3.62. The molecule has 6 heteroatoms. The summed E-state index contributed by atoms with van der Waals surface area (Å²) in [6.07, 6.45) is 0.859. The highest BCUT2D eigenvalue weighted by Crippen LogP contribution is 2.35. The van der Waals surface area contributed by atoms with Crippen LogP contribution in [0.5, 0.6) is 5.75 Å². The number of carbonyl (C=O) groups excluding carboxylic acids is 2. The molecule has 5 nitrogen and oxygen atoms in total. The second-order valence-corrected chi connectivity index (χ2v) is 8.40. The van der Waals surface area contributed by atoms with Gasteiger partial charge in [-0.25, -0.2) is 4.90 Å². The molecule has 0 atom stereocenters. The molecular formula is C27H25ClN2O3. The fraction of sp³-hybridized carbons (Fsp3) is 0.185. The molecule has 1 aliphatic heterocycles. The number of rotatable bonds is 7. The largest absolute Gasteiger partial charge is 0.494 e. The van der Waals surface area contributed by atoms with Crippen molar-refractivity contribution in [2.75, 3.05) is 16.8 Å². The lowest BCUT2D eigenvalue weighted by molar-refractivity contribution is -0.120. The zero-order valence-electron chi connectivity index (χ0n) is 18.8. The average molecular weight is 461 g/mol. The number of hydrogen-bond donors (Lipinski definition) is 1. The summed E-state index contributed by atoms with van der Waals surface area (Å²) in [7, 11) is 0. The molecule has 0 saturated heterocycles. The second-order valence-electron chi connectivity index (χ2n) is 8.00. The van der Waals surface area contributed by atoms with E-state index in [0.717, 1.165) is 17.5 Å². The quantitative estimate of drug-likeness (QED) is 0.430. The molecule has 1 aliphatic rings. The fourth-order valence-corrected chi connectivity index (χ4v) is 3.80.